The van der Waals surface area contributed by atoms with Crippen LogP contribution in [-0.2, 0) is 6.54 Å². The first-order valence-corrected chi connectivity index (χ1v) is 6.36. The number of nitrogens with zero attached hydrogens (tertiary/aromatic N) is 3. The fourth-order valence-electron chi connectivity index (χ4n) is 1.83. The summed E-state index contributed by atoms with van der Waals surface area (Å²) in [6.45, 7) is 5.94. The number of aliphatic hydroxyl groups excluding tert-OH is 1. The van der Waals surface area contributed by atoms with Crippen molar-refractivity contribution >= 4 is 0 Å². The second-order valence-electron chi connectivity index (χ2n) is 4.95. The first kappa shape index (κ1) is 13.5. The van der Waals surface area contributed by atoms with Crippen LogP contribution in [0.25, 0.3) is 0 Å². The van der Waals surface area contributed by atoms with Crippen molar-refractivity contribution in [1.82, 2.24) is 14.3 Å². The minimum atomic E-state index is -0.611. The van der Waals surface area contributed by atoms with E-state index in [0.717, 1.165) is 5.56 Å². The summed E-state index contributed by atoms with van der Waals surface area (Å²) < 4.78 is 2.86. The van der Waals surface area contributed by atoms with Crippen LogP contribution in [-0.4, -0.2) is 25.6 Å². The lowest BCUT2D eigenvalue weighted by atomic mass is 10.1. The van der Waals surface area contributed by atoms with Gasteiger partial charge in [-0.15, -0.1) is 0 Å². The molecule has 0 spiro atoms. The lowest BCUT2D eigenvalue weighted by Gasteiger charge is -2.13. The summed E-state index contributed by atoms with van der Waals surface area (Å²) in [6.07, 6.45) is 0.904. The Morgan fingerprint density at radius 2 is 1.89 bits per heavy atom. The SMILES string of the molecule is Cc1ccc(Cn2cnn(C(C)C(C)O)c2=O)cc1. The standard InChI is InChI=1S/C14H19N3O2/c1-10-4-6-13(7-5-10)8-16-9-15-17(14(16)19)11(2)12(3)18/h4-7,9,11-12,18H,8H2,1-3H3. The molecular weight excluding hydrogens is 242 g/mol. The largest absolute Gasteiger partial charge is 0.391 e. The van der Waals surface area contributed by atoms with Crippen LogP contribution in [0.5, 0.6) is 0 Å². The molecule has 0 saturated heterocycles. The predicted molar refractivity (Wildman–Crippen MR) is 73.2 cm³/mol. The summed E-state index contributed by atoms with van der Waals surface area (Å²) in [5.41, 5.74) is 2.04. The fourth-order valence-corrected chi connectivity index (χ4v) is 1.83. The van der Waals surface area contributed by atoms with Gasteiger partial charge in [0.05, 0.1) is 18.7 Å². The zero-order chi connectivity index (χ0) is 14.0. The second kappa shape index (κ2) is 5.40. The maximum Gasteiger partial charge on any atom is 0.346 e. The topological polar surface area (TPSA) is 60.1 Å². The summed E-state index contributed by atoms with van der Waals surface area (Å²) in [5.74, 6) is 0. The number of hydrogen-bond donors (Lipinski definition) is 1. The first-order chi connectivity index (χ1) is 8.99. The maximum absolute atomic E-state index is 12.1. The van der Waals surface area contributed by atoms with E-state index in [1.807, 2.05) is 31.2 Å². The minimum absolute atomic E-state index is 0.200. The first-order valence-electron chi connectivity index (χ1n) is 6.36. The van der Waals surface area contributed by atoms with Crippen LogP contribution >= 0.6 is 0 Å². The minimum Gasteiger partial charge on any atom is -0.391 e. The number of aliphatic hydroxyl groups is 1. The van der Waals surface area contributed by atoms with Gasteiger partial charge in [-0.25, -0.2) is 9.48 Å². The van der Waals surface area contributed by atoms with Crippen LogP contribution in [0.15, 0.2) is 35.4 Å². The number of rotatable bonds is 4. The van der Waals surface area contributed by atoms with E-state index >= 15 is 0 Å². The van der Waals surface area contributed by atoms with Crippen LogP contribution in [0.1, 0.15) is 31.0 Å². The van der Waals surface area contributed by atoms with Gasteiger partial charge in [-0.3, -0.25) is 4.57 Å². The Morgan fingerprint density at radius 1 is 1.26 bits per heavy atom. The average molecular weight is 261 g/mol. The van der Waals surface area contributed by atoms with E-state index in [1.54, 1.807) is 18.4 Å². The zero-order valence-electron chi connectivity index (χ0n) is 11.4. The molecule has 0 amide bonds. The van der Waals surface area contributed by atoms with Gasteiger partial charge in [0, 0.05) is 0 Å². The molecule has 1 N–H and O–H groups in total. The molecule has 0 saturated carbocycles. The summed E-state index contributed by atoms with van der Waals surface area (Å²) in [7, 11) is 0. The van der Waals surface area contributed by atoms with Crippen molar-refractivity contribution in [2.75, 3.05) is 0 Å². The Labute approximate surface area is 112 Å². The van der Waals surface area contributed by atoms with E-state index in [2.05, 4.69) is 5.10 Å². The molecular formula is C14H19N3O2. The molecule has 1 aromatic carbocycles. The van der Waals surface area contributed by atoms with Crippen molar-refractivity contribution < 1.29 is 5.11 Å². The molecule has 0 aliphatic heterocycles. The molecule has 0 bridgehead atoms. The van der Waals surface area contributed by atoms with E-state index in [-0.39, 0.29) is 11.7 Å². The molecule has 102 valence electrons. The van der Waals surface area contributed by atoms with Gasteiger partial charge in [-0.05, 0) is 26.3 Å². The fraction of sp³-hybridized carbons (Fsp3) is 0.429. The predicted octanol–water partition coefficient (Wildman–Crippen LogP) is 1.34. The van der Waals surface area contributed by atoms with Crippen molar-refractivity contribution in [3.63, 3.8) is 0 Å². The molecule has 0 fully saturated rings. The zero-order valence-corrected chi connectivity index (χ0v) is 11.4. The monoisotopic (exact) mass is 261 g/mol. The lowest BCUT2D eigenvalue weighted by molar-refractivity contribution is 0.130. The van der Waals surface area contributed by atoms with E-state index in [0.29, 0.717) is 6.54 Å². The molecule has 2 atom stereocenters. The molecule has 0 aliphatic carbocycles. The Hall–Kier alpha value is -1.88. The molecule has 0 aliphatic rings. The van der Waals surface area contributed by atoms with Gasteiger partial charge in [0.1, 0.15) is 6.33 Å². The number of aromatic nitrogens is 3. The van der Waals surface area contributed by atoms with Crippen molar-refractivity contribution in [2.45, 2.75) is 39.5 Å². The molecule has 0 radical (unpaired) electrons. The lowest BCUT2D eigenvalue weighted by Crippen LogP contribution is -2.31. The van der Waals surface area contributed by atoms with Crippen LogP contribution < -0.4 is 5.69 Å². The van der Waals surface area contributed by atoms with Crippen molar-refractivity contribution in [1.29, 1.82) is 0 Å². The van der Waals surface area contributed by atoms with Crippen LogP contribution in [0.2, 0.25) is 0 Å². The Balaban J connectivity index is 2.23. The number of aryl methyl sites for hydroxylation is 1. The van der Waals surface area contributed by atoms with Gasteiger partial charge >= 0.3 is 5.69 Å². The Bertz CT molecular complexity index is 596. The third kappa shape index (κ3) is 2.93. The molecule has 2 rings (SSSR count). The van der Waals surface area contributed by atoms with Crippen molar-refractivity contribution in [3.8, 4) is 0 Å². The smallest absolute Gasteiger partial charge is 0.346 e. The highest BCUT2D eigenvalue weighted by Crippen LogP contribution is 2.07. The highest BCUT2D eigenvalue weighted by Gasteiger charge is 2.16. The number of hydrogen-bond acceptors (Lipinski definition) is 3. The van der Waals surface area contributed by atoms with Gasteiger partial charge in [0.15, 0.2) is 0 Å². The van der Waals surface area contributed by atoms with Gasteiger partial charge in [-0.2, -0.15) is 5.10 Å². The third-order valence-corrected chi connectivity index (χ3v) is 3.31. The summed E-state index contributed by atoms with van der Waals surface area (Å²) >= 11 is 0. The Morgan fingerprint density at radius 3 is 2.47 bits per heavy atom. The van der Waals surface area contributed by atoms with Gasteiger partial charge in [-0.1, -0.05) is 29.8 Å². The quantitative estimate of drug-likeness (QED) is 0.903. The molecule has 1 aromatic heterocycles. The normalized spacial score (nSPS) is 14.3. The second-order valence-corrected chi connectivity index (χ2v) is 4.95. The molecule has 2 aromatic rings. The van der Waals surface area contributed by atoms with E-state index in [9.17, 15) is 9.90 Å². The summed E-state index contributed by atoms with van der Waals surface area (Å²) in [5, 5.41) is 13.6. The summed E-state index contributed by atoms with van der Waals surface area (Å²) in [6, 6.07) is 7.70. The third-order valence-electron chi connectivity index (χ3n) is 3.31. The molecule has 19 heavy (non-hydrogen) atoms. The van der Waals surface area contributed by atoms with Crippen LogP contribution in [0.3, 0.4) is 0 Å². The Kier molecular flexibility index (Phi) is 3.85. The van der Waals surface area contributed by atoms with Crippen LogP contribution in [0, 0.1) is 6.92 Å². The van der Waals surface area contributed by atoms with E-state index < -0.39 is 6.10 Å². The number of benzene rings is 1. The van der Waals surface area contributed by atoms with E-state index in [1.165, 1.54) is 16.6 Å². The average Bonchev–Trinajstić information content (AvgIpc) is 2.73. The van der Waals surface area contributed by atoms with Crippen molar-refractivity contribution in [3.05, 3.63) is 52.2 Å². The van der Waals surface area contributed by atoms with Crippen molar-refractivity contribution in [2.24, 2.45) is 0 Å². The van der Waals surface area contributed by atoms with Gasteiger partial charge in [0.2, 0.25) is 0 Å². The van der Waals surface area contributed by atoms with Crippen LogP contribution in [0.4, 0.5) is 0 Å². The summed E-state index contributed by atoms with van der Waals surface area (Å²) in [4.78, 5) is 12.1. The molecule has 5 nitrogen and oxygen atoms in total. The highest BCUT2D eigenvalue weighted by atomic mass is 16.3. The highest BCUT2D eigenvalue weighted by molar-refractivity contribution is 5.21. The van der Waals surface area contributed by atoms with E-state index in [4.69, 9.17) is 0 Å². The molecule has 5 heteroatoms. The van der Waals surface area contributed by atoms with Gasteiger partial charge in [0.25, 0.3) is 0 Å². The maximum atomic E-state index is 12.1. The molecule has 1 heterocycles. The molecule has 2 unspecified atom stereocenters. The van der Waals surface area contributed by atoms with Gasteiger partial charge < -0.3 is 5.11 Å².